The van der Waals surface area contributed by atoms with E-state index in [2.05, 4.69) is 35.9 Å². The summed E-state index contributed by atoms with van der Waals surface area (Å²) in [6, 6.07) is 7.18. The Bertz CT molecular complexity index is 1550. The summed E-state index contributed by atoms with van der Waals surface area (Å²) in [5.41, 5.74) is 1.12. The molecule has 0 unspecified atom stereocenters. The first-order valence-electron chi connectivity index (χ1n) is 11.2. The first kappa shape index (κ1) is 24.7. The van der Waals surface area contributed by atoms with Crippen LogP contribution in [0.1, 0.15) is 37.7 Å². The predicted molar refractivity (Wildman–Crippen MR) is 126 cm³/mol. The molecule has 0 saturated heterocycles. The highest BCUT2D eigenvalue weighted by atomic mass is 19.4. The lowest BCUT2D eigenvalue weighted by molar-refractivity contribution is -0.141. The van der Waals surface area contributed by atoms with E-state index < -0.39 is 23.7 Å². The lowest BCUT2D eigenvalue weighted by atomic mass is 10.1. The topological polar surface area (TPSA) is 151 Å². The molecule has 0 aliphatic carbocycles. The van der Waals surface area contributed by atoms with Crippen molar-refractivity contribution in [2.24, 2.45) is 0 Å². The molecule has 3 aromatic heterocycles. The quantitative estimate of drug-likeness (QED) is 0.302. The molecule has 4 N–H and O–H groups in total. The van der Waals surface area contributed by atoms with Crippen LogP contribution in [0.15, 0.2) is 49.1 Å². The van der Waals surface area contributed by atoms with Crippen molar-refractivity contribution in [3.05, 3.63) is 77.1 Å². The summed E-state index contributed by atoms with van der Waals surface area (Å²) < 4.78 is 43.3. The number of aromatic nitrogens is 4. The molecular formula is C24H18F3N7O4. The van der Waals surface area contributed by atoms with Crippen molar-refractivity contribution in [3.63, 3.8) is 0 Å². The molecular weight excluding hydrogens is 507 g/mol. The number of halogens is 3. The van der Waals surface area contributed by atoms with Crippen LogP contribution in [-0.4, -0.2) is 44.3 Å². The molecule has 1 aliphatic heterocycles. The predicted octanol–water partition coefficient (Wildman–Crippen LogP) is 2.56. The molecule has 1 aliphatic rings. The van der Waals surface area contributed by atoms with Gasteiger partial charge in [-0.3, -0.25) is 19.4 Å². The Hall–Kier alpha value is -5.01. The number of fused-ring (bicyclic) bond motifs is 2. The number of nitrogens with one attached hydrogen (secondary N) is 4. The number of ether oxygens (including phenoxy) is 1. The molecule has 0 radical (unpaired) electrons. The van der Waals surface area contributed by atoms with Crippen molar-refractivity contribution in [1.82, 2.24) is 30.6 Å². The summed E-state index contributed by atoms with van der Waals surface area (Å²) >= 11 is 0. The number of H-pyrrole nitrogens is 1. The lowest BCUT2D eigenvalue weighted by Gasteiger charge is -2.18. The molecule has 1 aromatic carbocycles. The number of hydrogen-bond acceptors (Lipinski definition) is 7. The van der Waals surface area contributed by atoms with E-state index in [1.54, 1.807) is 18.2 Å². The largest absolute Gasteiger partial charge is 0.482 e. The van der Waals surface area contributed by atoms with Crippen LogP contribution in [0.5, 0.6) is 5.75 Å². The van der Waals surface area contributed by atoms with Crippen molar-refractivity contribution in [3.8, 4) is 5.75 Å². The number of carbonyl (C=O) groups excluding carboxylic acids is 3. The third-order valence-corrected chi connectivity index (χ3v) is 5.62. The Morgan fingerprint density at radius 1 is 1.00 bits per heavy atom. The smallest absolute Gasteiger partial charge is 0.433 e. The molecule has 4 heterocycles. The average molecular weight is 525 g/mol. The van der Waals surface area contributed by atoms with Crippen LogP contribution in [0.4, 0.5) is 18.9 Å². The van der Waals surface area contributed by atoms with Gasteiger partial charge in [0.05, 0.1) is 16.8 Å². The normalized spacial score (nSPS) is 12.9. The number of alkyl halides is 3. The molecule has 0 saturated carbocycles. The zero-order valence-corrected chi connectivity index (χ0v) is 19.3. The van der Waals surface area contributed by atoms with Gasteiger partial charge in [0.1, 0.15) is 23.3 Å². The van der Waals surface area contributed by atoms with Crippen LogP contribution in [0.3, 0.4) is 0 Å². The second-order valence-electron chi connectivity index (χ2n) is 8.23. The molecule has 4 aromatic rings. The number of amides is 3. The molecule has 0 bridgehead atoms. The van der Waals surface area contributed by atoms with Gasteiger partial charge in [0, 0.05) is 25.5 Å². The molecule has 38 heavy (non-hydrogen) atoms. The number of hydrogen-bond donors (Lipinski definition) is 4. The zero-order chi connectivity index (χ0) is 26.9. The van der Waals surface area contributed by atoms with Crippen molar-refractivity contribution >= 4 is 34.4 Å². The third-order valence-electron chi connectivity index (χ3n) is 5.62. The van der Waals surface area contributed by atoms with Gasteiger partial charge >= 0.3 is 6.18 Å². The monoisotopic (exact) mass is 525 g/mol. The zero-order valence-electron chi connectivity index (χ0n) is 19.3. The molecule has 3 amide bonds. The summed E-state index contributed by atoms with van der Waals surface area (Å²) in [6.45, 7) is -0.000741. The Morgan fingerprint density at radius 2 is 1.76 bits per heavy atom. The van der Waals surface area contributed by atoms with Crippen molar-refractivity contribution in [1.29, 1.82) is 0 Å². The molecule has 0 fully saturated rings. The average Bonchev–Trinajstić information content (AvgIpc) is 3.34. The van der Waals surface area contributed by atoms with E-state index in [1.165, 1.54) is 12.3 Å². The van der Waals surface area contributed by atoms with E-state index in [0.717, 1.165) is 18.6 Å². The number of nitrogens with zero attached hydrogens (tertiary/aromatic N) is 3. The molecule has 0 spiro atoms. The molecule has 14 heteroatoms. The maximum Gasteiger partial charge on any atom is 0.433 e. The highest BCUT2D eigenvalue weighted by Gasteiger charge is 2.32. The number of aromatic amines is 1. The maximum absolute atomic E-state index is 12.9. The SMILES string of the molecule is O=C1COc2ccc(CNC(=O)c3ncnc4c(C(=O)NCc5ccc(C(F)(F)F)nc5)c[nH]c34)cc2N1. The fourth-order valence-electron chi connectivity index (χ4n) is 3.77. The van der Waals surface area contributed by atoms with Crippen molar-refractivity contribution < 1.29 is 32.3 Å². The van der Waals surface area contributed by atoms with Crippen LogP contribution < -0.4 is 20.7 Å². The highest BCUT2D eigenvalue weighted by molar-refractivity contribution is 6.10. The van der Waals surface area contributed by atoms with E-state index in [4.69, 9.17) is 4.74 Å². The van der Waals surface area contributed by atoms with Gasteiger partial charge in [-0.2, -0.15) is 13.2 Å². The standard InChI is InChI=1S/C24H18F3N7O4/c25-24(26,27)17-4-2-13(7-28-17)8-30-22(36)14-9-29-20-19(14)32-11-33-21(20)23(37)31-6-12-1-3-16-15(5-12)34-18(35)10-38-16/h1-5,7,9,11,29H,6,8,10H2,(H,30,36)(H,31,37)(H,34,35). The van der Waals surface area contributed by atoms with Gasteiger partial charge in [-0.25, -0.2) is 9.97 Å². The maximum atomic E-state index is 12.9. The number of benzene rings is 1. The number of pyridine rings is 1. The number of carbonyl (C=O) groups is 3. The lowest BCUT2D eigenvalue weighted by Crippen LogP contribution is -2.26. The highest BCUT2D eigenvalue weighted by Crippen LogP contribution is 2.29. The van der Waals surface area contributed by atoms with Gasteiger partial charge in [-0.15, -0.1) is 0 Å². The first-order valence-corrected chi connectivity index (χ1v) is 11.2. The summed E-state index contributed by atoms with van der Waals surface area (Å²) in [5.74, 6) is -0.826. The Labute approximate surface area is 211 Å². The molecule has 5 rings (SSSR count). The van der Waals surface area contributed by atoms with Gasteiger partial charge < -0.3 is 25.7 Å². The number of anilines is 1. The van der Waals surface area contributed by atoms with Gasteiger partial charge in [0.25, 0.3) is 17.7 Å². The van der Waals surface area contributed by atoms with Crippen LogP contribution in [0, 0.1) is 0 Å². The van der Waals surface area contributed by atoms with Crippen molar-refractivity contribution in [2.45, 2.75) is 19.3 Å². The third kappa shape index (κ3) is 5.09. The molecule has 11 nitrogen and oxygen atoms in total. The minimum absolute atomic E-state index is 0.00980. The van der Waals surface area contributed by atoms with Crippen LogP contribution in [-0.2, 0) is 24.1 Å². The van der Waals surface area contributed by atoms with Gasteiger partial charge in [-0.1, -0.05) is 12.1 Å². The second-order valence-corrected chi connectivity index (χ2v) is 8.23. The minimum Gasteiger partial charge on any atom is -0.482 e. The van der Waals surface area contributed by atoms with Crippen LogP contribution >= 0.6 is 0 Å². The Morgan fingerprint density at radius 3 is 2.53 bits per heavy atom. The number of rotatable bonds is 6. The summed E-state index contributed by atoms with van der Waals surface area (Å²) in [4.78, 5) is 51.4. The van der Waals surface area contributed by atoms with Gasteiger partial charge in [0.2, 0.25) is 0 Å². The van der Waals surface area contributed by atoms with E-state index >= 15 is 0 Å². The Kier molecular flexibility index (Phi) is 6.36. The van der Waals surface area contributed by atoms with Gasteiger partial charge in [-0.05, 0) is 29.3 Å². The van der Waals surface area contributed by atoms with E-state index in [1.807, 2.05) is 0 Å². The second kappa shape index (κ2) is 9.80. The summed E-state index contributed by atoms with van der Waals surface area (Å²) in [7, 11) is 0. The van der Waals surface area contributed by atoms with E-state index in [-0.39, 0.29) is 47.9 Å². The van der Waals surface area contributed by atoms with Crippen LogP contribution in [0.25, 0.3) is 11.0 Å². The van der Waals surface area contributed by atoms with E-state index in [0.29, 0.717) is 22.6 Å². The first-order chi connectivity index (χ1) is 18.2. The molecule has 0 atom stereocenters. The minimum atomic E-state index is -4.55. The van der Waals surface area contributed by atoms with Crippen molar-refractivity contribution in [2.75, 3.05) is 11.9 Å². The molecule has 194 valence electrons. The summed E-state index contributed by atoms with van der Waals surface area (Å²) in [5, 5.41) is 8.03. The fraction of sp³-hybridized carbons (Fsp3) is 0.167. The van der Waals surface area contributed by atoms with Gasteiger partial charge in [0.15, 0.2) is 12.3 Å². The fourth-order valence-corrected chi connectivity index (χ4v) is 3.77. The summed E-state index contributed by atoms with van der Waals surface area (Å²) in [6.07, 6.45) is -1.01. The van der Waals surface area contributed by atoms with Crippen LogP contribution in [0.2, 0.25) is 0 Å². The Balaban J connectivity index is 1.25. The van der Waals surface area contributed by atoms with E-state index in [9.17, 15) is 27.6 Å².